The first-order valence-electron chi connectivity index (χ1n) is 10.5. The minimum absolute atomic E-state index is 0.0102. The molecule has 1 heterocycles. The van der Waals surface area contributed by atoms with Crippen molar-refractivity contribution < 1.29 is 19.1 Å². The molecule has 2 aromatic rings. The van der Waals surface area contributed by atoms with Gasteiger partial charge in [0.1, 0.15) is 11.8 Å². The Balaban J connectivity index is 1.78. The number of carbonyl (C=O) groups excluding carboxylic acids is 3. The average molecular weight is 408 g/mol. The lowest BCUT2D eigenvalue weighted by molar-refractivity contribution is -0.138. The van der Waals surface area contributed by atoms with Crippen molar-refractivity contribution in [2.24, 2.45) is 0 Å². The van der Waals surface area contributed by atoms with Crippen molar-refractivity contribution in [3.8, 4) is 5.75 Å². The highest BCUT2D eigenvalue weighted by Crippen LogP contribution is 2.28. The van der Waals surface area contributed by atoms with Crippen LogP contribution in [0.2, 0.25) is 0 Å². The minimum Gasteiger partial charge on any atom is -0.494 e. The van der Waals surface area contributed by atoms with Crippen molar-refractivity contribution in [3.05, 3.63) is 60.2 Å². The Kier molecular flexibility index (Phi) is 7.22. The average Bonchev–Trinajstić information content (AvgIpc) is 3.04. The Bertz CT molecular complexity index is 880. The molecule has 0 spiro atoms. The zero-order chi connectivity index (χ0) is 21.5. The van der Waals surface area contributed by atoms with E-state index in [1.165, 1.54) is 4.90 Å². The van der Waals surface area contributed by atoms with Gasteiger partial charge in [-0.3, -0.25) is 14.4 Å². The molecule has 0 aromatic heterocycles. The number of imide groups is 1. The quantitative estimate of drug-likeness (QED) is 0.595. The summed E-state index contributed by atoms with van der Waals surface area (Å²) in [6.07, 6.45) is 1.70. The number of rotatable bonds is 9. The van der Waals surface area contributed by atoms with E-state index in [1.54, 1.807) is 29.2 Å². The van der Waals surface area contributed by atoms with E-state index in [2.05, 4.69) is 0 Å². The predicted molar refractivity (Wildman–Crippen MR) is 115 cm³/mol. The van der Waals surface area contributed by atoms with Crippen molar-refractivity contribution in [1.29, 1.82) is 0 Å². The molecule has 6 heteroatoms. The third-order valence-electron chi connectivity index (χ3n) is 5.17. The second-order valence-electron chi connectivity index (χ2n) is 7.29. The Morgan fingerprint density at radius 3 is 2.40 bits per heavy atom. The predicted octanol–water partition coefficient (Wildman–Crippen LogP) is 3.59. The van der Waals surface area contributed by atoms with Crippen LogP contribution in [0, 0.1) is 0 Å². The third kappa shape index (κ3) is 4.87. The maximum absolute atomic E-state index is 13.2. The van der Waals surface area contributed by atoms with Gasteiger partial charge in [-0.25, -0.2) is 4.90 Å². The van der Waals surface area contributed by atoms with E-state index in [4.69, 9.17) is 4.74 Å². The lowest BCUT2D eigenvalue weighted by atomic mass is 10.1. The number of nitrogens with zero attached hydrogens (tertiary/aromatic N) is 2. The topological polar surface area (TPSA) is 66.9 Å². The van der Waals surface area contributed by atoms with Crippen molar-refractivity contribution in [2.45, 2.75) is 45.6 Å². The van der Waals surface area contributed by atoms with Crippen molar-refractivity contribution in [2.75, 3.05) is 18.1 Å². The normalized spacial score (nSPS) is 16.1. The van der Waals surface area contributed by atoms with Crippen LogP contribution < -0.4 is 9.64 Å². The molecule has 0 N–H and O–H groups in total. The van der Waals surface area contributed by atoms with Gasteiger partial charge in [0.2, 0.25) is 11.8 Å². The molecule has 3 rings (SSSR count). The maximum atomic E-state index is 13.2. The summed E-state index contributed by atoms with van der Waals surface area (Å²) in [4.78, 5) is 41.4. The van der Waals surface area contributed by atoms with Crippen molar-refractivity contribution in [1.82, 2.24) is 4.90 Å². The summed E-state index contributed by atoms with van der Waals surface area (Å²) in [6, 6.07) is 16.0. The second kappa shape index (κ2) is 10.1. The number of hydrogen-bond acceptors (Lipinski definition) is 4. The van der Waals surface area contributed by atoms with E-state index < -0.39 is 6.04 Å². The van der Waals surface area contributed by atoms with Crippen LogP contribution >= 0.6 is 0 Å². The minimum atomic E-state index is -0.758. The molecule has 0 saturated carbocycles. The third-order valence-corrected chi connectivity index (χ3v) is 5.17. The summed E-state index contributed by atoms with van der Waals surface area (Å²) in [6.45, 7) is 4.77. The van der Waals surface area contributed by atoms with Crippen LogP contribution in [0.1, 0.15) is 38.7 Å². The SMILES string of the molecule is CCCC(=O)N(CCc1ccccc1)C1CC(=O)N(c2ccc(OCC)cc2)C1=O. The molecule has 1 unspecified atom stereocenters. The summed E-state index contributed by atoms with van der Waals surface area (Å²) in [5.41, 5.74) is 1.59. The maximum Gasteiger partial charge on any atom is 0.257 e. The van der Waals surface area contributed by atoms with Crippen LogP contribution in [0.5, 0.6) is 5.75 Å². The number of ether oxygens (including phenoxy) is 1. The molecule has 3 amide bonds. The highest BCUT2D eigenvalue weighted by atomic mass is 16.5. The van der Waals surface area contributed by atoms with Gasteiger partial charge in [0, 0.05) is 13.0 Å². The molecule has 30 heavy (non-hydrogen) atoms. The fourth-order valence-corrected chi connectivity index (χ4v) is 3.69. The first kappa shape index (κ1) is 21.6. The van der Waals surface area contributed by atoms with Gasteiger partial charge in [0.25, 0.3) is 5.91 Å². The first-order valence-corrected chi connectivity index (χ1v) is 10.5. The van der Waals surface area contributed by atoms with E-state index in [0.717, 1.165) is 5.56 Å². The molecule has 6 nitrogen and oxygen atoms in total. The molecule has 1 aliphatic heterocycles. The Morgan fingerprint density at radius 2 is 1.77 bits per heavy atom. The highest BCUT2D eigenvalue weighted by molar-refractivity contribution is 6.23. The Labute approximate surface area is 177 Å². The van der Waals surface area contributed by atoms with Gasteiger partial charge in [-0.2, -0.15) is 0 Å². The molecule has 1 fully saturated rings. The lowest BCUT2D eigenvalue weighted by Gasteiger charge is -2.28. The van der Waals surface area contributed by atoms with E-state index in [-0.39, 0.29) is 24.1 Å². The zero-order valence-electron chi connectivity index (χ0n) is 17.5. The molecule has 0 aliphatic carbocycles. The highest BCUT2D eigenvalue weighted by Gasteiger charge is 2.44. The van der Waals surface area contributed by atoms with Crippen LogP contribution in [-0.4, -0.2) is 41.8 Å². The second-order valence-corrected chi connectivity index (χ2v) is 7.29. The van der Waals surface area contributed by atoms with Crippen LogP contribution in [0.15, 0.2) is 54.6 Å². The van der Waals surface area contributed by atoms with Crippen molar-refractivity contribution in [3.63, 3.8) is 0 Å². The number of amides is 3. The molecular formula is C24H28N2O4. The zero-order valence-corrected chi connectivity index (χ0v) is 17.5. The van der Waals surface area contributed by atoms with Crippen molar-refractivity contribution >= 4 is 23.4 Å². The van der Waals surface area contributed by atoms with Gasteiger partial charge in [-0.15, -0.1) is 0 Å². The summed E-state index contributed by atoms with van der Waals surface area (Å²) >= 11 is 0. The van der Waals surface area contributed by atoms with Gasteiger partial charge < -0.3 is 9.64 Å². The summed E-state index contributed by atoms with van der Waals surface area (Å²) in [5.74, 6) is -0.0440. The van der Waals surface area contributed by atoms with Gasteiger partial charge in [-0.1, -0.05) is 37.3 Å². The molecule has 1 saturated heterocycles. The van der Waals surface area contributed by atoms with E-state index >= 15 is 0 Å². The molecular weight excluding hydrogens is 380 g/mol. The number of benzene rings is 2. The lowest BCUT2D eigenvalue weighted by Crippen LogP contribution is -2.46. The number of anilines is 1. The molecule has 0 bridgehead atoms. The number of carbonyl (C=O) groups is 3. The van der Waals surface area contributed by atoms with Gasteiger partial charge in [-0.05, 0) is 49.6 Å². The van der Waals surface area contributed by atoms with Crippen LogP contribution in [0.4, 0.5) is 5.69 Å². The fourth-order valence-electron chi connectivity index (χ4n) is 3.69. The number of hydrogen-bond donors (Lipinski definition) is 0. The van der Waals surface area contributed by atoms with E-state index in [1.807, 2.05) is 44.2 Å². The van der Waals surface area contributed by atoms with E-state index in [0.29, 0.717) is 43.9 Å². The van der Waals surface area contributed by atoms with Crippen LogP contribution in [0.25, 0.3) is 0 Å². The Hall–Kier alpha value is -3.15. The summed E-state index contributed by atoms with van der Waals surface area (Å²) in [5, 5.41) is 0. The Morgan fingerprint density at radius 1 is 1.07 bits per heavy atom. The standard InChI is InChI=1S/C24H28N2O4/c1-3-8-22(27)25(16-15-18-9-6-5-7-10-18)21-17-23(28)26(24(21)29)19-11-13-20(14-12-19)30-4-2/h5-7,9-14,21H,3-4,8,15-17H2,1-2H3. The van der Waals surface area contributed by atoms with Crippen LogP contribution in [0.3, 0.4) is 0 Å². The van der Waals surface area contributed by atoms with Gasteiger partial charge >= 0.3 is 0 Å². The molecule has 158 valence electrons. The summed E-state index contributed by atoms with van der Waals surface area (Å²) < 4.78 is 5.43. The van der Waals surface area contributed by atoms with Gasteiger partial charge in [0.15, 0.2) is 0 Å². The van der Waals surface area contributed by atoms with E-state index in [9.17, 15) is 14.4 Å². The largest absolute Gasteiger partial charge is 0.494 e. The van der Waals surface area contributed by atoms with Gasteiger partial charge in [0.05, 0.1) is 18.7 Å². The molecule has 1 atom stereocenters. The first-order chi connectivity index (χ1) is 14.5. The monoisotopic (exact) mass is 408 g/mol. The molecule has 2 aromatic carbocycles. The fraction of sp³-hybridized carbons (Fsp3) is 0.375. The molecule has 0 radical (unpaired) electrons. The smallest absolute Gasteiger partial charge is 0.257 e. The van der Waals surface area contributed by atoms with Crippen LogP contribution in [-0.2, 0) is 20.8 Å². The molecule has 1 aliphatic rings. The summed E-state index contributed by atoms with van der Waals surface area (Å²) in [7, 11) is 0.